The molecule has 1 aromatic rings. The first-order valence-corrected chi connectivity index (χ1v) is 5.33. The number of amidine groups is 1. The summed E-state index contributed by atoms with van der Waals surface area (Å²) in [5.74, 6) is 0.0156. The minimum atomic E-state index is 0.0156. The van der Waals surface area contributed by atoms with E-state index >= 15 is 0 Å². The van der Waals surface area contributed by atoms with Gasteiger partial charge in [-0.3, -0.25) is 4.98 Å². The molecular weight excluding hydrogens is 220 g/mol. The van der Waals surface area contributed by atoms with Crippen molar-refractivity contribution >= 4 is 5.84 Å². The Balaban J connectivity index is 2.71. The number of pyridine rings is 1. The highest BCUT2D eigenvalue weighted by Gasteiger charge is 2.09. The zero-order chi connectivity index (χ0) is 12.7. The molecule has 0 spiro atoms. The lowest BCUT2D eigenvalue weighted by Gasteiger charge is -2.14. The van der Waals surface area contributed by atoms with E-state index < -0.39 is 0 Å². The van der Waals surface area contributed by atoms with Gasteiger partial charge in [0.05, 0.1) is 6.61 Å². The predicted molar refractivity (Wildman–Crippen MR) is 64.9 cm³/mol. The molecule has 0 aromatic carbocycles. The van der Waals surface area contributed by atoms with Crippen LogP contribution in [0.1, 0.15) is 18.2 Å². The molecule has 4 N–H and O–H groups in total. The first kappa shape index (κ1) is 13.4. The standard InChI is InChI=1S/C11H18N4O2/c1-8(7-17-2)14-6-9-4-3-5-13-10(9)11(12)15-16/h3-5,8,14,16H,6-7H2,1-2H3,(H2,12,15). The van der Waals surface area contributed by atoms with Gasteiger partial charge in [0.25, 0.3) is 0 Å². The van der Waals surface area contributed by atoms with Gasteiger partial charge in [-0.05, 0) is 18.6 Å². The molecule has 1 aromatic heterocycles. The monoisotopic (exact) mass is 238 g/mol. The summed E-state index contributed by atoms with van der Waals surface area (Å²) in [5.41, 5.74) is 6.92. The van der Waals surface area contributed by atoms with E-state index in [0.29, 0.717) is 18.8 Å². The van der Waals surface area contributed by atoms with E-state index in [0.717, 1.165) is 5.56 Å². The molecule has 0 aliphatic carbocycles. The van der Waals surface area contributed by atoms with Crippen molar-refractivity contribution in [1.29, 1.82) is 0 Å². The molecule has 0 amide bonds. The number of nitrogens with two attached hydrogens (primary N) is 1. The van der Waals surface area contributed by atoms with Crippen LogP contribution in [0.25, 0.3) is 0 Å². The van der Waals surface area contributed by atoms with E-state index in [1.807, 2.05) is 19.1 Å². The van der Waals surface area contributed by atoms with Gasteiger partial charge in [0.2, 0.25) is 0 Å². The van der Waals surface area contributed by atoms with Gasteiger partial charge in [0.1, 0.15) is 5.69 Å². The Kier molecular flexibility index (Phi) is 5.38. The second-order valence-corrected chi connectivity index (χ2v) is 3.73. The molecule has 6 heteroatoms. The number of aromatic nitrogens is 1. The Bertz CT molecular complexity index is 381. The van der Waals surface area contributed by atoms with E-state index in [4.69, 9.17) is 15.7 Å². The van der Waals surface area contributed by atoms with Crippen molar-refractivity contribution < 1.29 is 9.94 Å². The highest BCUT2D eigenvalue weighted by Crippen LogP contribution is 2.05. The number of nitrogens with one attached hydrogen (secondary N) is 1. The molecule has 94 valence electrons. The van der Waals surface area contributed by atoms with Crippen molar-refractivity contribution in [3.05, 3.63) is 29.6 Å². The molecule has 1 rings (SSSR count). The summed E-state index contributed by atoms with van der Waals surface area (Å²) in [6.07, 6.45) is 1.61. The third-order valence-electron chi connectivity index (χ3n) is 2.30. The first-order valence-electron chi connectivity index (χ1n) is 5.33. The van der Waals surface area contributed by atoms with Crippen molar-refractivity contribution in [2.75, 3.05) is 13.7 Å². The van der Waals surface area contributed by atoms with E-state index in [2.05, 4.69) is 15.5 Å². The normalized spacial score (nSPS) is 13.6. The average molecular weight is 238 g/mol. The van der Waals surface area contributed by atoms with Crippen LogP contribution in [-0.2, 0) is 11.3 Å². The molecule has 0 aliphatic heterocycles. The van der Waals surface area contributed by atoms with Gasteiger partial charge >= 0.3 is 0 Å². The average Bonchev–Trinajstić information content (AvgIpc) is 2.36. The van der Waals surface area contributed by atoms with Crippen LogP contribution >= 0.6 is 0 Å². The summed E-state index contributed by atoms with van der Waals surface area (Å²) < 4.78 is 5.02. The van der Waals surface area contributed by atoms with E-state index in [1.165, 1.54) is 0 Å². The lowest BCUT2D eigenvalue weighted by Crippen LogP contribution is -2.31. The Hall–Kier alpha value is -1.66. The molecule has 0 saturated carbocycles. The van der Waals surface area contributed by atoms with Gasteiger partial charge in [-0.25, -0.2) is 0 Å². The molecule has 0 fully saturated rings. The number of ether oxygens (including phenoxy) is 1. The van der Waals surface area contributed by atoms with Gasteiger partial charge in [-0.15, -0.1) is 0 Å². The second kappa shape index (κ2) is 6.82. The Morgan fingerprint density at radius 2 is 2.47 bits per heavy atom. The van der Waals surface area contributed by atoms with Crippen molar-refractivity contribution in [3.8, 4) is 0 Å². The topological polar surface area (TPSA) is 92.8 Å². The summed E-state index contributed by atoms with van der Waals surface area (Å²) in [6, 6.07) is 3.92. The lowest BCUT2D eigenvalue weighted by molar-refractivity contribution is 0.171. The number of rotatable bonds is 6. The number of oxime groups is 1. The highest BCUT2D eigenvalue weighted by molar-refractivity contribution is 5.96. The van der Waals surface area contributed by atoms with E-state index in [1.54, 1.807) is 13.3 Å². The molecule has 1 heterocycles. The maximum absolute atomic E-state index is 8.66. The number of hydrogen-bond donors (Lipinski definition) is 3. The summed E-state index contributed by atoms with van der Waals surface area (Å²) >= 11 is 0. The highest BCUT2D eigenvalue weighted by atomic mass is 16.5. The zero-order valence-electron chi connectivity index (χ0n) is 10.1. The van der Waals surface area contributed by atoms with Crippen LogP contribution in [0.5, 0.6) is 0 Å². The van der Waals surface area contributed by atoms with Crippen molar-refractivity contribution in [2.45, 2.75) is 19.5 Å². The Morgan fingerprint density at radius 1 is 1.71 bits per heavy atom. The molecule has 1 atom stereocenters. The van der Waals surface area contributed by atoms with Crippen LogP contribution in [0.15, 0.2) is 23.5 Å². The van der Waals surface area contributed by atoms with Crippen LogP contribution in [0.4, 0.5) is 0 Å². The maximum atomic E-state index is 8.66. The van der Waals surface area contributed by atoms with Crippen LogP contribution < -0.4 is 11.1 Å². The van der Waals surface area contributed by atoms with Gasteiger partial charge in [-0.1, -0.05) is 11.2 Å². The molecule has 0 saturated heterocycles. The fourth-order valence-electron chi connectivity index (χ4n) is 1.45. The smallest absolute Gasteiger partial charge is 0.189 e. The lowest BCUT2D eigenvalue weighted by atomic mass is 10.1. The van der Waals surface area contributed by atoms with Gasteiger partial charge in [0, 0.05) is 25.9 Å². The summed E-state index contributed by atoms with van der Waals surface area (Å²) in [5, 5.41) is 14.9. The van der Waals surface area contributed by atoms with E-state index in [-0.39, 0.29) is 11.9 Å². The Morgan fingerprint density at radius 3 is 3.12 bits per heavy atom. The van der Waals surface area contributed by atoms with E-state index in [9.17, 15) is 0 Å². The third kappa shape index (κ3) is 4.01. The quantitative estimate of drug-likeness (QED) is 0.287. The number of hydrogen-bond acceptors (Lipinski definition) is 5. The SMILES string of the molecule is COCC(C)NCc1cccnc1C(N)=NO. The van der Waals surface area contributed by atoms with Gasteiger partial charge in [-0.2, -0.15) is 0 Å². The third-order valence-corrected chi connectivity index (χ3v) is 2.30. The summed E-state index contributed by atoms with van der Waals surface area (Å²) in [4.78, 5) is 4.09. The largest absolute Gasteiger partial charge is 0.409 e. The molecule has 0 radical (unpaired) electrons. The fourth-order valence-corrected chi connectivity index (χ4v) is 1.45. The van der Waals surface area contributed by atoms with Crippen LogP contribution in [-0.4, -0.2) is 35.8 Å². The van der Waals surface area contributed by atoms with Crippen LogP contribution in [0, 0.1) is 0 Å². The Labute approximate surface area is 100 Å². The summed E-state index contributed by atoms with van der Waals surface area (Å²) in [7, 11) is 1.66. The fraction of sp³-hybridized carbons (Fsp3) is 0.455. The molecule has 1 unspecified atom stereocenters. The molecule has 0 aliphatic rings. The minimum Gasteiger partial charge on any atom is -0.409 e. The minimum absolute atomic E-state index is 0.0156. The van der Waals surface area contributed by atoms with Crippen molar-refractivity contribution in [1.82, 2.24) is 10.3 Å². The van der Waals surface area contributed by atoms with Crippen LogP contribution in [0.3, 0.4) is 0 Å². The van der Waals surface area contributed by atoms with Gasteiger partial charge in [0.15, 0.2) is 5.84 Å². The predicted octanol–water partition coefficient (Wildman–Crippen LogP) is 0.301. The van der Waals surface area contributed by atoms with Gasteiger partial charge < -0.3 is 21.0 Å². The molecule has 0 bridgehead atoms. The van der Waals surface area contributed by atoms with Crippen LogP contribution in [0.2, 0.25) is 0 Å². The first-order chi connectivity index (χ1) is 8.19. The van der Waals surface area contributed by atoms with Crippen molar-refractivity contribution in [3.63, 3.8) is 0 Å². The number of methoxy groups -OCH3 is 1. The summed E-state index contributed by atoms with van der Waals surface area (Å²) in [6.45, 7) is 3.23. The number of nitrogens with zero attached hydrogens (tertiary/aromatic N) is 2. The molecule has 17 heavy (non-hydrogen) atoms. The second-order valence-electron chi connectivity index (χ2n) is 3.73. The molecule has 6 nitrogen and oxygen atoms in total. The zero-order valence-corrected chi connectivity index (χ0v) is 10.1. The van der Waals surface area contributed by atoms with Crippen molar-refractivity contribution in [2.24, 2.45) is 10.9 Å². The molecular formula is C11H18N4O2. The maximum Gasteiger partial charge on any atom is 0.189 e.